The van der Waals surface area contributed by atoms with Crippen molar-refractivity contribution in [2.24, 2.45) is 5.92 Å². The molecule has 1 fully saturated rings. The van der Waals surface area contributed by atoms with Gasteiger partial charge in [-0.15, -0.1) is 0 Å². The molecular weight excluding hydrogens is 362 g/mol. The average molecular weight is 379 g/mol. The molecule has 2 aromatic rings. The first-order valence-electron chi connectivity index (χ1n) is 8.10. The number of carbonyl (C=O) groups is 2. The Morgan fingerprint density at radius 3 is 2.69 bits per heavy atom. The lowest BCUT2D eigenvalue weighted by molar-refractivity contribution is -0.135. The van der Waals surface area contributed by atoms with Gasteiger partial charge in [0.05, 0.1) is 16.6 Å². The summed E-state index contributed by atoms with van der Waals surface area (Å²) in [4.78, 5) is 27.8. The molecule has 0 bridgehead atoms. The van der Waals surface area contributed by atoms with E-state index in [0.717, 1.165) is 12.1 Å². The fourth-order valence-electron chi connectivity index (χ4n) is 3.07. The summed E-state index contributed by atoms with van der Waals surface area (Å²) in [5.74, 6) is -2.36. The van der Waals surface area contributed by atoms with Crippen LogP contribution in [-0.4, -0.2) is 30.3 Å². The number of hydrogen-bond donors (Lipinski definition) is 0. The molecule has 0 spiro atoms. The van der Waals surface area contributed by atoms with Crippen LogP contribution in [0.4, 0.5) is 14.5 Å². The van der Waals surface area contributed by atoms with Crippen LogP contribution in [0.3, 0.4) is 0 Å². The number of carbonyl (C=O) groups excluding carboxylic acids is 2. The Bertz CT molecular complexity index is 859. The van der Waals surface area contributed by atoms with Crippen LogP contribution >= 0.6 is 11.6 Å². The maximum Gasteiger partial charge on any atom is 0.228 e. The normalized spacial score (nSPS) is 16.8. The molecule has 0 aliphatic carbocycles. The molecule has 0 saturated carbocycles. The molecule has 0 aromatic heterocycles. The van der Waals surface area contributed by atoms with Crippen LogP contribution in [0.25, 0.3) is 0 Å². The number of rotatable bonds is 4. The molecule has 2 aromatic carbocycles. The molecule has 3 rings (SSSR count). The first-order valence-corrected chi connectivity index (χ1v) is 8.48. The van der Waals surface area contributed by atoms with E-state index in [1.807, 2.05) is 0 Å². The van der Waals surface area contributed by atoms with Gasteiger partial charge in [0.15, 0.2) is 0 Å². The fraction of sp³-hybridized carbons (Fsp3) is 0.263. The number of anilines is 1. The van der Waals surface area contributed by atoms with Gasteiger partial charge in [0.25, 0.3) is 0 Å². The Hall–Kier alpha value is -2.47. The average Bonchev–Trinajstić information content (AvgIpc) is 2.98. The van der Waals surface area contributed by atoms with Crippen molar-refractivity contribution in [3.8, 4) is 0 Å². The van der Waals surface area contributed by atoms with Crippen LogP contribution in [0.1, 0.15) is 12.0 Å². The van der Waals surface area contributed by atoms with Crippen molar-refractivity contribution in [3.63, 3.8) is 0 Å². The predicted molar refractivity (Wildman–Crippen MR) is 94.7 cm³/mol. The third-order valence-corrected chi connectivity index (χ3v) is 4.74. The summed E-state index contributed by atoms with van der Waals surface area (Å²) < 4.78 is 26.8. The van der Waals surface area contributed by atoms with Crippen molar-refractivity contribution in [2.75, 3.05) is 18.5 Å². The molecule has 1 unspecified atom stereocenters. The minimum Gasteiger partial charge on any atom is -0.341 e. The van der Waals surface area contributed by atoms with Gasteiger partial charge in [0.2, 0.25) is 11.8 Å². The van der Waals surface area contributed by atoms with Crippen LogP contribution in [0.15, 0.2) is 42.5 Å². The third-order valence-electron chi connectivity index (χ3n) is 4.42. The van der Waals surface area contributed by atoms with E-state index in [1.54, 1.807) is 24.3 Å². The van der Waals surface area contributed by atoms with Crippen molar-refractivity contribution in [1.29, 1.82) is 0 Å². The lowest BCUT2D eigenvalue weighted by Gasteiger charge is -2.22. The number of halogens is 3. The van der Waals surface area contributed by atoms with Gasteiger partial charge in [0.1, 0.15) is 11.6 Å². The first kappa shape index (κ1) is 18.3. The van der Waals surface area contributed by atoms with Crippen molar-refractivity contribution in [2.45, 2.75) is 13.0 Å². The van der Waals surface area contributed by atoms with E-state index in [4.69, 9.17) is 11.6 Å². The van der Waals surface area contributed by atoms with E-state index in [9.17, 15) is 18.4 Å². The van der Waals surface area contributed by atoms with Crippen LogP contribution in [0, 0.1) is 17.6 Å². The highest BCUT2D eigenvalue weighted by molar-refractivity contribution is 6.33. The molecular formula is C19H17ClF2N2O2. The van der Waals surface area contributed by atoms with E-state index < -0.39 is 17.6 Å². The molecule has 26 heavy (non-hydrogen) atoms. The summed E-state index contributed by atoms with van der Waals surface area (Å²) in [6.07, 6.45) is 0.0697. The SMILES string of the molecule is CN(Cc1ccc(F)cc1F)C(=O)C1CC(=O)N(c2ccccc2Cl)C1. The maximum absolute atomic E-state index is 13.8. The third kappa shape index (κ3) is 3.70. The van der Waals surface area contributed by atoms with Gasteiger partial charge in [-0.05, 0) is 18.2 Å². The number of nitrogens with zero attached hydrogens (tertiary/aromatic N) is 2. The van der Waals surface area contributed by atoms with Crippen molar-refractivity contribution in [1.82, 2.24) is 4.90 Å². The minimum absolute atomic E-state index is 0.00172. The van der Waals surface area contributed by atoms with Crippen LogP contribution in [0.5, 0.6) is 0 Å². The highest BCUT2D eigenvalue weighted by Gasteiger charge is 2.37. The molecule has 1 saturated heterocycles. The summed E-state index contributed by atoms with van der Waals surface area (Å²) >= 11 is 6.14. The molecule has 1 heterocycles. The predicted octanol–water partition coefficient (Wildman–Crippen LogP) is 3.63. The number of amides is 2. The molecule has 4 nitrogen and oxygen atoms in total. The van der Waals surface area contributed by atoms with Crippen LogP contribution < -0.4 is 4.90 Å². The molecule has 2 amide bonds. The quantitative estimate of drug-likeness (QED) is 0.815. The highest BCUT2D eigenvalue weighted by atomic mass is 35.5. The smallest absolute Gasteiger partial charge is 0.228 e. The molecule has 7 heteroatoms. The van der Waals surface area contributed by atoms with E-state index in [2.05, 4.69) is 0 Å². The van der Waals surface area contributed by atoms with E-state index in [-0.39, 0.29) is 36.9 Å². The van der Waals surface area contributed by atoms with E-state index in [0.29, 0.717) is 10.7 Å². The van der Waals surface area contributed by atoms with Crippen molar-refractivity contribution >= 4 is 29.1 Å². The van der Waals surface area contributed by atoms with Gasteiger partial charge in [-0.3, -0.25) is 9.59 Å². The molecule has 136 valence electrons. The zero-order chi connectivity index (χ0) is 18.8. The van der Waals surface area contributed by atoms with Gasteiger partial charge in [-0.1, -0.05) is 29.8 Å². The topological polar surface area (TPSA) is 40.6 Å². The number of para-hydroxylation sites is 1. The zero-order valence-electron chi connectivity index (χ0n) is 14.1. The van der Waals surface area contributed by atoms with Gasteiger partial charge >= 0.3 is 0 Å². The number of benzene rings is 2. The zero-order valence-corrected chi connectivity index (χ0v) is 14.8. The standard InChI is InChI=1S/C19H17ClF2N2O2/c1-23(10-12-6-7-14(21)9-16(12)22)19(26)13-8-18(25)24(11-13)17-5-3-2-4-15(17)20/h2-7,9,13H,8,10-11H2,1H3. The second-order valence-electron chi connectivity index (χ2n) is 6.29. The Morgan fingerprint density at radius 2 is 2.00 bits per heavy atom. The minimum atomic E-state index is -0.704. The second kappa shape index (κ2) is 7.41. The first-order chi connectivity index (χ1) is 12.4. The maximum atomic E-state index is 13.8. The largest absolute Gasteiger partial charge is 0.341 e. The summed E-state index contributed by atoms with van der Waals surface area (Å²) in [6, 6.07) is 10.2. The molecule has 1 atom stereocenters. The summed E-state index contributed by atoms with van der Waals surface area (Å²) in [5, 5.41) is 0.440. The van der Waals surface area contributed by atoms with Gasteiger partial charge in [0, 0.05) is 38.2 Å². The Balaban J connectivity index is 1.70. The monoisotopic (exact) mass is 378 g/mol. The summed E-state index contributed by atoms with van der Waals surface area (Å²) in [7, 11) is 1.54. The van der Waals surface area contributed by atoms with Crippen LogP contribution in [0.2, 0.25) is 5.02 Å². The van der Waals surface area contributed by atoms with Gasteiger partial charge < -0.3 is 9.80 Å². The molecule has 1 aliphatic rings. The second-order valence-corrected chi connectivity index (χ2v) is 6.69. The molecule has 1 aliphatic heterocycles. The van der Waals surface area contributed by atoms with Crippen molar-refractivity contribution in [3.05, 3.63) is 64.7 Å². The Morgan fingerprint density at radius 1 is 1.27 bits per heavy atom. The lowest BCUT2D eigenvalue weighted by Crippen LogP contribution is -2.34. The highest BCUT2D eigenvalue weighted by Crippen LogP contribution is 2.31. The Kier molecular flexibility index (Phi) is 5.23. The number of hydrogen-bond acceptors (Lipinski definition) is 2. The fourth-order valence-corrected chi connectivity index (χ4v) is 3.31. The van der Waals surface area contributed by atoms with Crippen LogP contribution in [-0.2, 0) is 16.1 Å². The molecule has 0 radical (unpaired) electrons. The van der Waals surface area contributed by atoms with E-state index in [1.165, 1.54) is 22.9 Å². The van der Waals surface area contributed by atoms with E-state index >= 15 is 0 Å². The van der Waals surface area contributed by atoms with Gasteiger partial charge in [-0.25, -0.2) is 8.78 Å². The van der Waals surface area contributed by atoms with Gasteiger partial charge in [-0.2, -0.15) is 0 Å². The lowest BCUT2D eigenvalue weighted by atomic mass is 10.1. The summed E-state index contributed by atoms with van der Waals surface area (Å²) in [5.41, 5.74) is 0.788. The summed E-state index contributed by atoms with van der Waals surface area (Å²) in [6.45, 7) is 0.222. The molecule has 0 N–H and O–H groups in total. The Labute approximate surface area is 155 Å². The van der Waals surface area contributed by atoms with Crippen molar-refractivity contribution < 1.29 is 18.4 Å².